The van der Waals surface area contributed by atoms with Crippen molar-refractivity contribution in [2.45, 2.75) is 76.7 Å². The zero-order chi connectivity index (χ0) is 19.5. The standard InChI is InChI=1S/C21H30N4O2S/c1-3-15-8-5-10-17(15)19(16-9-4-7-14(16)2)23-21(26)24-28-18-13-22-25-11-6-12-27-20(18)25/h13-14H,3-12H2,1-2H3,(H2,23,24,26)/b19-16+. The van der Waals surface area contributed by atoms with Crippen LogP contribution in [-0.4, -0.2) is 22.4 Å². The highest BCUT2D eigenvalue weighted by molar-refractivity contribution is 7.98. The predicted molar refractivity (Wildman–Crippen MR) is 111 cm³/mol. The van der Waals surface area contributed by atoms with Crippen LogP contribution in [0.1, 0.15) is 65.2 Å². The number of amides is 2. The number of aromatic nitrogens is 2. The summed E-state index contributed by atoms with van der Waals surface area (Å²) in [4.78, 5) is 13.6. The van der Waals surface area contributed by atoms with Gasteiger partial charge >= 0.3 is 6.03 Å². The van der Waals surface area contributed by atoms with Crippen LogP contribution in [-0.2, 0) is 6.54 Å². The van der Waals surface area contributed by atoms with Crippen molar-refractivity contribution in [3.05, 3.63) is 28.6 Å². The van der Waals surface area contributed by atoms with E-state index in [1.165, 1.54) is 47.9 Å². The fraction of sp³-hybridized carbons (Fsp3) is 0.619. The number of carbonyl (C=O) groups is 1. The second kappa shape index (κ2) is 8.64. The Hall–Kier alpha value is -1.89. The largest absolute Gasteiger partial charge is 0.477 e. The first-order valence-electron chi connectivity index (χ1n) is 10.5. The molecule has 0 saturated heterocycles. The van der Waals surface area contributed by atoms with Gasteiger partial charge in [-0.1, -0.05) is 19.4 Å². The Balaban J connectivity index is 1.48. The highest BCUT2D eigenvalue weighted by Crippen LogP contribution is 2.39. The van der Waals surface area contributed by atoms with E-state index < -0.39 is 0 Å². The first-order valence-corrected chi connectivity index (χ1v) is 11.4. The number of ether oxygens (including phenoxy) is 1. The third kappa shape index (κ3) is 3.95. The van der Waals surface area contributed by atoms with Gasteiger partial charge in [0.1, 0.15) is 4.90 Å². The lowest BCUT2D eigenvalue weighted by Crippen LogP contribution is -2.32. The SMILES string of the molecule is CCC1=C(/C(NC(=O)NSc2cnn3c2OCCC3)=C2/CCCC2C)CCC1. The number of rotatable bonds is 5. The van der Waals surface area contributed by atoms with Gasteiger partial charge in [0.2, 0.25) is 5.88 Å². The van der Waals surface area contributed by atoms with E-state index in [0.717, 1.165) is 55.1 Å². The van der Waals surface area contributed by atoms with Gasteiger partial charge < -0.3 is 10.1 Å². The number of carbonyl (C=O) groups excluding carboxylic acids is 1. The number of urea groups is 1. The van der Waals surface area contributed by atoms with E-state index in [9.17, 15) is 4.79 Å². The Labute approximate surface area is 171 Å². The van der Waals surface area contributed by atoms with Gasteiger partial charge in [-0.3, -0.25) is 4.72 Å². The number of nitrogens with one attached hydrogen (secondary N) is 2. The summed E-state index contributed by atoms with van der Waals surface area (Å²) < 4.78 is 10.5. The van der Waals surface area contributed by atoms with Crippen LogP contribution in [0.25, 0.3) is 0 Å². The van der Waals surface area contributed by atoms with Crippen LogP contribution in [0, 0.1) is 5.92 Å². The number of allylic oxidation sites excluding steroid dienone is 3. The minimum absolute atomic E-state index is 0.169. The Morgan fingerprint density at radius 2 is 2.21 bits per heavy atom. The minimum atomic E-state index is -0.169. The van der Waals surface area contributed by atoms with Crippen LogP contribution in [0.3, 0.4) is 0 Å². The molecule has 6 nitrogen and oxygen atoms in total. The fourth-order valence-corrected chi connectivity index (χ4v) is 5.20. The highest BCUT2D eigenvalue weighted by Gasteiger charge is 2.27. The molecule has 0 aromatic carbocycles. The van der Waals surface area contributed by atoms with E-state index >= 15 is 0 Å². The second-order valence-electron chi connectivity index (χ2n) is 7.88. The summed E-state index contributed by atoms with van der Waals surface area (Å²) in [6, 6.07) is -0.169. The molecule has 2 aliphatic carbocycles. The van der Waals surface area contributed by atoms with Gasteiger partial charge in [-0.2, -0.15) is 5.10 Å². The van der Waals surface area contributed by atoms with Gasteiger partial charge in [-0.05, 0) is 74.0 Å². The maximum absolute atomic E-state index is 12.8. The van der Waals surface area contributed by atoms with Crippen molar-refractivity contribution in [1.82, 2.24) is 19.8 Å². The second-order valence-corrected chi connectivity index (χ2v) is 8.73. The molecule has 4 rings (SSSR count). The third-order valence-corrected chi connectivity index (χ3v) is 6.85. The maximum Gasteiger partial charge on any atom is 0.329 e. The zero-order valence-electron chi connectivity index (χ0n) is 16.8. The average Bonchev–Trinajstić information content (AvgIpc) is 3.44. The number of hydrogen-bond acceptors (Lipinski definition) is 4. The number of aryl methyl sites for hydroxylation is 1. The van der Waals surface area contributed by atoms with Gasteiger partial charge in [-0.15, -0.1) is 0 Å². The molecular formula is C21H30N4O2S. The van der Waals surface area contributed by atoms with Gasteiger partial charge in [0.25, 0.3) is 0 Å². The number of fused-ring (bicyclic) bond motifs is 1. The van der Waals surface area contributed by atoms with Crippen LogP contribution in [0.15, 0.2) is 33.5 Å². The lowest BCUT2D eigenvalue weighted by molar-refractivity contribution is 0.225. The first-order chi connectivity index (χ1) is 13.7. The summed E-state index contributed by atoms with van der Waals surface area (Å²) in [6.07, 6.45) is 10.8. The summed E-state index contributed by atoms with van der Waals surface area (Å²) in [7, 11) is 0. The molecule has 1 atom stereocenters. The minimum Gasteiger partial charge on any atom is -0.477 e. The molecule has 1 unspecified atom stereocenters. The normalized spacial score (nSPS) is 23.4. The van der Waals surface area contributed by atoms with E-state index in [0.29, 0.717) is 12.5 Å². The summed E-state index contributed by atoms with van der Waals surface area (Å²) in [5, 5.41) is 7.56. The molecule has 2 amide bonds. The Kier molecular flexibility index (Phi) is 5.99. The van der Waals surface area contributed by atoms with Crippen molar-refractivity contribution in [1.29, 1.82) is 0 Å². The summed E-state index contributed by atoms with van der Waals surface area (Å²) in [5.41, 5.74) is 5.42. The van der Waals surface area contributed by atoms with Crippen LogP contribution in [0.5, 0.6) is 5.88 Å². The fourth-order valence-electron chi connectivity index (χ4n) is 4.59. The Morgan fingerprint density at radius 1 is 1.32 bits per heavy atom. The molecular weight excluding hydrogens is 372 g/mol. The van der Waals surface area contributed by atoms with Crippen molar-refractivity contribution in [3.63, 3.8) is 0 Å². The van der Waals surface area contributed by atoms with Crippen molar-refractivity contribution < 1.29 is 9.53 Å². The molecule has 152 valence electrons. The molecule has 0 radical (unpaired) electrons. The molecule has 1 aliphatic heterocycles. The van der Waals surface area contributed by atoms with Crippen LogP contribution in [0.4, 0.5) is 4.79 Å². The van der Waals surface area contributed by atoms with E-state index in [2.05, 4.69) is 29.0 Å². The monoisotopic (exact) mass is 402 g/mol. The van der Waals surface area contributed by atoms with E-state index in [1.807, 2.05) is 4.68 Å². The molecule has 7 heteroatoms. The summed E-state index contributed by atoms with van der Waals surface area (Å²) in [6.45, 7) is 6.08. The Bertz CT molecular complexity index is 811. The van der Waals surface area contributed by atoms with E-state index in [4.69, 9.17) is 4.74 Å². The van der Waals surface area contributed by atoms with Crippen molar-refractivity contribution in [3.8, 4) is 5.88 Å². The lowest BCUT2D eigenvalue weighted by atomic mass is 9.96. The molecule has 3 aliphatic rings. The molecule has 1 fully saturated rings. The summed E-state index contributed by atoms with van der Waals surface area (Å²) >= 11 is 1.28. The van der Waals surface area contributed by atoms with Gasteiger partial charge in [0, 0.05) is 18.7 Å². The van der Waals surface area contributed by atoms with Crippen molar-refractivity contribution in [2.24, 2.45) is 5.92 Å². The molecule has 0 spiro atoms. The first kappa shape index (κ1) is 19.4. The van der Waals surface area contributed by atoms with Crippen LogP contribution >= 0.6 is 11.9 Å². The van der Waals surface area contributed by atoms with Crippen LogP contribution < -0.4 is 14.8 Å². The quantitative estimate of drug-likeness (QED) is 0.685. The molecule has 1 saturated carbocycles. The molecule has 2 N–H and O–H groups in total. The molecule has 2 heterocycles. The van der Waals surface area contributed by atoms with Gasteiger partial charge in [0.05, 0.1) is 12.8 Å². The van der Waals surface area contributed by atoms with Crippen molar-refractivity contribution in [2.75, 3.05) is 6.61 Å². The van der Waals surface area contributed by atoms with Crippen molar-refractivity contribution >= 4 is 18.0 Å². The van der Waals surface area contributed by atoms with E-state index in [-0.39, 0.29) is 6.03 Å². The van der Waals surface area contributed by atoms with Crippen LogP contribution in [0.2, 0.25) is 0 Å². The molecule has 28 heavy (non-hydrogen) atoms. The van der Waals surface area contributed by atoms with Gasteiger partial charge in [-0.25, -0.2) is 9.48 Å². The highest BCUT2D eigenvalue weighted by atomic mass is 32.2. The topological polar surface area (TPSA) is 68.2 Å². The molecule has 1 aromatic rings. The number of hydrogen-bond donors (Lipinski definition) is 2. The van der Waals surface area contributed by atoms with E-state index in [1.54, 1.807) is 6.20 Å². The molecule has 0 bridgehead atoms. The lowest BCUT2D eigenvalue weighted by Gasteiger charge is -2.19. The predicted octanol–water partition coefficient (Wildman–Crippen LogP) is 4.94. The smallest absolute Gasteiger partial charge is 0.329 e. The average molecular weight is 403 g/mol. The molecule has 1 aromatic heterocycles. The zero-order valence-corrected chi connectivity index (χ0v) is 17.7. The Morgan fingerprint density at radius 3 is 3.00 bits per heavy atom. The maximum atomic E-state index is 12.8. The summed E-state index contributed by atoms with van der Waals surface area (Å²) in [5.74, 6) is 1.30. The third-order valence-electron chi connectivity index (χ3n) is 6.06. The van der Waals surface area contributed by atoms with Gasteiger partial charge in [0.15, 0.2) is 0 Å². The number of nitrogens with zero attached hydrogens (tertiary/aromatic N) is 2.